The smallest absolute Gasteiger partial charge is 0.317 e. The second-order valence-corrected chi connectivity index (χ2v) is 3.44. The van der Waals surface area contributed by atoms with E-state index < -0.39 is 11.2 Å². The predicted molar refractivity (Wildman–Crippen MR) is 56.3 cm³/mol. The van der Waals surface area contributed by atoms with Gasteiger partial charge < -0.3 is 9.36 Å². The van der Waals surface area contributed by atoms with Crippen LogP contribution >= 0.6 is 0 Å². The second-order valence-electron chi connectivity index (χ2n) is 3.44. The molecular formula is C9H10N4O3. The highest BCUT2D eigenvalue weighted by Crippen LogP contribution is 2.03. The largest absolute Gasteiger partial charge is 0.332 e. The Kier molecular flexibility index (Phi) is 2.22. The van der Waals surface area contributed by atoms with Gasteiger partial charge in [0.2, 0.25) is 0 Å². The van der Waals surface area contributed by atoms with E-state index in [1.54, 1.807) is 0 Å². The van der Waals surface area contributed by atoms with Crippen molar-refractivity contribution < 1.29 is 4.79 Å². The van der Waals surface area contributed by atoms with E-state index in [-0.39, 0.29) is 17.7 Å². The summed E-state index contributed by atoms with van der Waals surface area (Å²) in [5.41, 5.74) is -0.335. The molecule has 0 N–H and O–H groups in total. The first-order valence-corrected chi connectivity index (χ1v) is 4.62. The highest BCUT2D eigenvalue weighted by atomic mass is 16.2. The first-order chi connectivity index (χ1) is 7.57. The van der Waals surface area contributed by atoms with Gasteiger partial charge in [0.25, 0.3) is 5.56 Å². The summed E-state index contributed by atoms with van der Waals surface area (Å²) in [5, 5.41) is 0. The predicted octanol–water partition coefficient (Wildman–Crippen LogP) is -1.37. The van der Waals surface area contributed by atoms with Crippen LogP contribution in [0.1, 0.15) is 0 Å². The standard InChI is InChI=1S/C9H10N4O3/c1-11-7-6(8(15)12(2)9(11)16)13(3-4-14)5-10-7/h4-5H,3H2,1-2H3. The van der Waals surface area contributed by atoms with Crippen molar-refractivity contribution in [3.63, 3.8) is 0 Å². The van der Waals surface area contributed by atoms with Crippen molar-refractivity contribution in [2.45, 2.75) is 6.54 Å². The van der Waals surface area contributed by atoms with Crippen molar-refractivity contribution in [1.82, 2.24) is 18.7 Å². The zero-order chi connectivity index (χ0) is 11.9. The van der Waals surface area contributed by atoms with Gasteiger partial charge in [-0.15, -0.1) is 0 Å². The summed E-state index contributed by atoms with van der Waals surface area (Å²) in [6.45, 7) is 0.0456. The Morgan fingerprint density at radius 2 is 2.00 bits per heavy atom. The number of carbonyl (C=O) groups excluding carboxylic acids is 1. The van der Waals surface area contributed by atoms with Crippen molar-refractivity contribution in [1.29, 1.82) is 0 Å². The van der Waals surface area contributed by atoms with Gasteiger partial charge in [0, 0.05) is 14.1 Å². The van der Waals surface area contributed by atoms with Gasteiger partial charge in [0.05, 0.1) is 12.9 Å². The molecule has 0 radical (unpaired) electrons. The summed E-state index contributed by atoms with van der Waals surface area (Å²) in [6, 6.07) is 0. The van der Waals surface area contributed by atoms with Crippen LogP contribution in [-0.4, -0.2) is 25.0 Å². The van der Waals surface area contributed by atoms with E-state index in [0.29, 0.717) is 6.29 Å². The fraction of sp³-hybridized carbons (Fsp3) is 0.333. The van der Waals surface area contributed by atoms with Gasteiger partial charge in [0.15, 0.2) is 11.2 Å². The molecule has 0 unspecified atom stereocenters. The van der Waals surface area contributed by atoms with Gasteiger partial charge in [-0.05, 0) is 0 Å². The lowest BCUT2D eigenvalue weighted by molar-refractivity contribution is -0.108. The van der Waals surface area contributed by atoms with Gasteiger partial charge in [-0.2, -0.15) is 0 Å². The molecule has 2 heterocycles. The number of hydrogen-bond donors (Lipinski definition) is 0. The Balaban J connectivity index is 3.00. The van der Waals surface area contributed by atoms with E-state index in [2.05, 4.69) is 4.98 Å². The number of hydrogen-bond acceptors (Lipinski definition) is 4. The average Bonchev–Trinajstić information content (AvgIpc) is 2.68. The summed E-state index contributed by atoms with van der Waals surface area (Å²) in [6.07, 6.45) is 2.05. The minimum atomic E-state index is -0.447. The van der Waals surface area contributed by atoms with E-state index >= 15 is 0 Å². The molecule has 0 aromatic carbocycles. The third-order valence-electron chi connectivity index (χ3n) is 2.49. The molecule has 0 saturated heterocycles. The van der Waals surface area contributed by atoms with Crippen molar-refractivity contribution in [3.8, 4) is 0 Å². The zero-order valence-electron chi connectivity index (χ0n) is 8.88. The third-order valence-corrected chi connectivity index (χ3v) is 2.49. The molecule has 0 spiro atoms. The number of rotatable bonds is 2. The summed E-state index contributed by atoms with van der Waals surface area (Å²) in [4.78, 5) is 37.8. The van der Waals surface area contributed by atoms with Crippen LogP contribution in [0.15, 0.2) is 15.9 Å². The minimum absolute atomic E-state index is 0.0456. The minimum Gasteiger partial charge on any atom is -0.317 e. The summed E-state index contributed by atoms with van der Waals surface area (Å²) >= 11 is 0. The molecule has 84 valence electrons. The van der Waals surface area contributed by atoms with Gasteiger partial charge in [-0.1, -0.05) is 0 Å². The highest BCUT2D eigenvalue weighted by molar-refractivity contribution is 5.71. The summed E-state index contributed by atoms with van der Waals surface area (Å²) in [5.74, 6) is 0. The van der Waals surface area contributed by atoms with Crippen LogP contribution in [0.25, 0.3) is 11.2 Å². The zero-order valence-corrected chi connectivity index (χ0v) is 8.88. The van der Waals surface area contributed by atoms with Gasteiger partial charge in [-0.25, -0.2) is 9.78 Å². The molecule has 0 amide bonds. The Morgan fingerprint density at radius 3 is 2.62 bits per heavy atom. The molecule has 0 bridgehead atoms. The number of nitrogens with zero attached hydrogens (tertiary/aromatic N) is 4. The fourth-order valence-electron chi connectivity index (χ4n) is 1.62. The topological polar surface area (TPSA) is 78.9 Å². The molecule has 2 rings (SSSR count). The van der Waals surface area contributed by atoms with Crippen LogP contribution in [0.4, 0.5) is 0 Å². The van der Waals surface area contributed by atoms with Crippen LogP contribution in [0, 0.1) is 0 Å². The second kappa shape index (κ2) is 3.44. The van der Waals surface area contributed by atoms with E-state index in [1.807, 2.05) is 0 Å². The maximum absolute atomic E-state index is 11.8. The summed E-state index contributed by atoms with van der Waals surface area (Å²) < 4.78 is 3.69. The molecule has 7 nitrogen and oxygen atoms in total. The highest BCUT2D eigenvalue weighted by Gasteiger charge is 2.13. The van der Waals surface area contributed by atoms with Crippen LogP contribution in [-0.2, 0) is 25.4 Å². The molecule has 0 aliphatic rings. The Bertz CT molecular complexity index is 676. The molecule has 0 saturated carbocycles. The van der Waals surface area contributed by atoms with Crippen LogP contribution in [0.2, 0.25) is 0 Å². The number of imidazole rings is 1. The average molecular weight is 222 g/mol. The lowest BCUT2D eigenvalue weighted by atomic mass is 10.5. The monoisotopic (exact) mass is 222 g/mol. The van der Waals surface area contributed by atoms with Crippen molar-refractivity contribution in [2.24, 2.45) is 14.1 Å². The van der Waals surface area contributed by atoms with E-state index in [0.717, 1.165) is 4.57 Å². The lowest BCUT2D eigenvalue weighted by Gasteiger charge is -2.03. The molecule has 7 heteroatoms. The summed E-state index contributed by atoms with van der Waals surface area (Å²) in [7, 11) is 2.92. The molecule has 0 aliphatic carbocycles. The van der Waals surface area contributed by atoms with Gasteiger partial charge >= 0.3 is 5.69 Å². The molecular weight excluding hydrogens is 212 g/mol. The number of carbonyl (C=O) groups is 1. The lowest BCUT2D eigenvalue weighted by Crippen LogP contribution is -2.37. The quantitative estimate of drug-likeness (QED) is 0.587. The number of fused-ring (bicyclic) bond motifs is 1. The van der Waals surface area contributed by atoms with Crippen molar-refractivity contribution in [2.75, 3.05) is 0 Å². The Hall–Kier alpha value is -2.18. The molecule has 0 aliphatic heterocycles. The maximum atomic E-state index is 11.8. The maximum Gasteiger partial charge on any atom is 0.332 e. The van der Waals surface area contributed by atoms with Crippen LogP contribution < -0.4 is 11.2 Å². The normalized spacial score (nSPS) is 10.9. The molecule has 0 atom stereocenters. The van der Waals surface area contributed by atoms with E-state index in [1.165, 1.54) is 29.6 Å². The Labute approximate surface area is 89.6 Å². The third kappa shape index (κ3) is 1.21. The molecule has 2 aromatic rings. The SMILES string of the molecule is Cn1c(=O)c2c(ncn2CC=O)n(C)c1=O. The fourth-order valence-corrected chi connectivity index (χ4v) is 1.62. The molecule has 16 heavy (non-hydrogen) atoms. The Morgan fingerprint density at radius 1 is 1.31 bits per heavy atom. The number of aldehydes is 1. The van der Waals surface area contributed by atoms with Gasteiger partial charge in [0.1, 0.15) is 6.29 Å². The van der Waals surface area contributed by atoms with E-state index in [9.17, 15) is 14.4 Å². The molecule has 0 fully saturated rings. The van der Waals surface area contributed by atoms with E-state index in [4.69, 9.17) is 0 Å². The number of aryl methyl sites for hydroxylation is 1. The number of aromatic nitrogens is 4. The van der Waals surface area contributed by atoms with Gasteiger partial charge in [-0.3, -0.25) is 13.9 Å². The first-order valence-electron chi connectivity index (χ1n) is 4.62. The first kappa shape index (κ1) is 10.3. The van der Waals surface area contributed by atoms with Crippen molar-refractivity contribution >= 4 is 17.5 Å². The van der Waals surface area contributed by atoms with Crippen molar-refractivity contribution in [3.05, 3.63) is 27.2 Å². The van der Waals surface area contributed by atoms with Crippen LogP contribution in [0.3, 0.4) is 0 Å². The van der Waals surface area contributed by atoms with Crippen LogP contribution in [0.5, 0.6) is 0 Å². The molecule has 2 aromatic heterocycles.